The Kier molecular flexibility index (Phi) is 5.95. The molecule has 1 N–H and O–H groups in total. The zero-order chi connectivity index (χ0) is 22.1. The van der Waals surface area contributed by atoms with Gasteiger partial charge in [-0.05, 0) is 37.6 Å². The van der Waals surface area contributed by atoms with Gasteiger partial charge >= 0.3 is 0 Å². The molecule has 1 aromatic carbocycles. The molecule has 0 radical (unpaired) electrons. The molecule has 3 aromatic rings. The summed E-state index contributed by atoms with van der Waals surface area (Å²) in [6, 6.07) is 14.7. The van der Waals surface area contributed by atoms with Gasteiger partial charge in [0.15, 0.2) is 0 Å². The van der Waals surface area contributed by atoms with E-state index in [0.29, 0.717) is 26.4 Å². The first-order valence-corrected chi connectivity index (χ1v) is 11.3. The number of aromatic nitrogens is 2. The Bertz CT molecular complexity index is 1110. The lowest BCUT2D eigenvalue weighted by Crippen LogP contribution is -2.46. The smallest absolute Gasteiger partial charge is 0.140 e. The summed E-state index contributed by atoms with van der Waals surface area (Å²) in [6.07, 6.45) is 0. The van der Waals surface area contributed by atoms with Crippen LogP contribution in [0.5, 0.6) is 0 Å². The molecule has 5 rings (SSSR count). The van der Waals surface area contributed by atoms with Crippen molar-refractivity contribution in [3.63, 3.8) is 0 Å². The average molecular weight is 435 g/mol. The monoisotopic (exact) mass is 434 g/mol. The summed E-state index contributed by atoms with van der Waals surface area (Å²) in [4.78, 5) is 14.9. The molecule has 7 heteroatoms. The minimum atomic E-state index is 0.0173. The third kappa shape index (κ3) is 4.03. The van der Waals surface area contributed by atoms with Gasteiger partial charge in [0.05, 0.1) is 56.3 Å². The minimum Gasteiger partial charge on any atom is -0.392 e. The van der Waals surface area contributed by atoms with Gasteiger partial charge in [0.1, 0.15) is 11.6 Å². The fourth-order valence-electron chi connectivity index (χ4n) is 4.56. The molecule has 2 fully saturated rings. The van der Waals surface area contributed by atoms with Crippen molar-refractivity contribution in [2.75, 3.05) is 49.3 Å². The molecule has 2 unspecified atom stereocenters. The molecule has 2 aliphatic rings. The van der Waals surface area contributed by atoms with Crippen molar-refractivity contribution in [1.82, 2.24) is 9.97 Å². The zero-order valence-electron chi connectivity index (χ0n) is 18.7. The molecule has 0 spiro atoms. The van der Waals surface area contributed by atoms with E-state index >= 15 is 0 Å². The molecular weight excluding hydrogens is 404 g/mol. The van der Waals surface area contributed by atoms with Crippen molar-refractivity contribution in [3.8, 4) is 11.3 Å². The molecule has 7 nitrogen and oxygen atoms in total. The van der Waals surface area contributed by atoms with Crippen molar-refractivity contribution in [2.24, 2.45) is 0 Å². The molecule has 2 aromatic heterocycles. The van der Waals surface area contributed by atoms with E-state index in [2.05, 4.69) is 35.8 Å². The Morgan fingerprint density at radius 1 is 0.938 bits per heavy atom. The van der Waals surface area contributed by atoms with Crippen LogP contribution in [-0.4, -0.2) is 66.7 Å². The second-order valence-electron chi connectivity index (χ2n) is 8.66. The molecule has 2 atom stereocenters. The summed E-state index contributed by atoms with van der Waals surface area (Å²) < 4.78 is 11.3. The lowest BCUT2D eigenvalue weighted by atomic mass is 10.1. The Balaban J connectivity index is 1.65. The Labute approximate surface area is 188 Å². The average Bonchev–Trinajstić information content (AvgIpc) is 2.83. The quantitative estimate of drug-likeness (QED) is 0.676. The van der Waals surface area contributed by atoms with E-state index in [1.54, 1.807) is 0 Å². The molecule has 32 heavy (non-hydrogen) atoms. The third-order valence-electron chi connectivity index (χ3n) is 6.36. The predicted octanol–water partition coefficient (Wildman–Crippen LogP) is 3.24. The van der Waals surface area contributed by atoms with E-state index < -0.39 is 0 Å². The Hall–Kier alpha value is -2.74. The standard InChI is InChI=1S/C25H30N4O3/c1-17-15-31-10-8-28(17)24-13-23-21(25(27-24)29-9-11-32-16-18(29)2)6-7-22(26-23)20-5-3-4-19(12-20)14-30/h3-7,12-13,17-18,30H,8-11,14-16H2,1-2H3. The normalized spacial score (nSPS) is 21.8. The predicted molar refractivity (Wildman–Crippen MR) is 126 cm³/mol. The molecule has 0 saturated carbocycles. The number of fused-ring (bicyclic) bond motifs is 1. The summed E-state index contributed by atoms with van der Waals surface area (Å²) in [5, 5.41) is 10.6. The first-order chi connectivity index (χ1) is 15.6. The zero-order valence-corrected chi connectivity index (χ0v) is 18.7. The van der Waals surface area contributed by atoms with Gasteiger partial charge in [-0.2, -0.15) is 0 Å². The molecule has 2 aliphatic heterocycles. The summed E-state index contributed by atoms with van der Waals surface area (Å²) in [5.74, 6) is 1.91. The highest BCUT2D eigenvalue weighted by Crippen LogP contribution is 2.33. The maximum Gasteiger partial charge on any atom is 0.140 e. The molecule has 0 amide bonds. The number of hydrogen-bond acceptors (Lipinski definition) is 7. The fraction of sp³-hybridized carbons (Fsp3) is 0.440. The number of hydrogen-bond donors (Lipinski definition) is 1. The van der Waals surface area contributed by atoms with Crippen molar-refractivity contribution < 1.29 is 14.6 Å². The number of ether oxygens (including phenoxy) is 2. The summed E-state index contributed by atoms with van der Waals surface area (Å²) in [6.45, 7) is 8.79. The summed E-state index contributed by atoms with van der Waals surface area (Å²) in [7, 11) is 0. The summed E-state index contributed by atoms with van der Waals surface area (Å²) >= 11 is 0. The fourth-order valence-corrected chi connectivity index (χ4v) is 4.56. The van der Waals surface area contributed by atoms with Gasteiger partial charge in [-0.15, -0.1) is 0 Å². The molecule has 2 saturated heterocycles. The number of morpholine rings is 2. The molecular formula is C25H30N4O3. The van der Waals surface area contributed by atoms with Crippen molar-refractivity contribution in [2.45, 2.75) is 32.5 Å². The Morgan fingerprint density at radius 3 is 2.41 bits per heavy atom. The lowest BCUT2D eigenvalue weighted by Gasteiger charge is -2.37. The van der Waals surface area contributed by atoms with Crippen LogP contribution in [0.1, 0.15) is 19.4 Å². The van der Waals surface area contributed by atoms with E-state index in [-0.39, 0.29) is 18.7 Å². The number of anilines is 2. The highest BCUT2D eigenvalue weighted by atomic mass is 16.5. The van der Waals surface area contributed by atoms with E-state index in [4.69, 9.17) is 19.4 Å². The van der Waals surface area contributed by atoms with Crippen LogP contribution in [0, 0.1) is 0 Å². The van der Waals surface area contributed by atoms with Gasteiger partial charge in [-0.25, -0.2) is 9.97 Å². The van der Waals surface area contributed by atoms with Gasteiger partial charge in [-0.1, -0.05) is 18.2 Å². The van der Waals surface area contributed by atoms with Gasteiger partial charge in [0.25, 0.3) is 0 Å². The second-order valence-corrected chi connectivity index (χ2v) is 8.66. The highest BCUT2D eigenvalue weighted by Gasteiger charge is 2.26. The SMILES string of the molecule is CC1COCCN1c1cc2nc(-c3cccc(CO)c3)ccc2c(N2CCOCC2C)n1. The molecule has 168 valence electrons. The van der Waals surface area contributed by atoms with Crippen LogP contribution >= 0.6 is 0 Å². The first-order valence-electron chi connectivity index (χ1n) is 11.3. The minimum absolute atomic E-state index is 0.0173. The second kappa shape index (κ2) is 9.02. The van der Waals surface area contributed by atoms with Crippen LogP contribution < -0.4 is 9.80 Å². The van der Waals surface area contributed by atoms with Gasteiger partial charge < -0.3 is 24.4 Å². The van der Waals surface area contributed by atoms with Crippen molar-refractivity contribution in [1.29, 1.82) is 0 Å². The van der Waals surface area contributed by atoms with Crippen molar-refractivity contribution >= 4 is 22.5 Å². The number of pyridine rings is 2. The number of benzene rings is 1. The van der Waals surface area contributed by atoms with Crippen LogP contribution in [-0.2, 0) is 16.1 Å². The molecule has 0 aliphatic carbocycles. The van der Waals surface area contributed by atoms with E-state index in [0.717, 1.165) is 52.4 Å². The van der Waals surface area contributed by atoms with Gasteiger partial charge in [-0.3, -0.25) is 0 Å². The first kappa shape index (κ1) is 21.1. The van der Waals surface area contributed by atoms with Crippen LogP contribution in [0.3, 0.4) is 0 Å². The van der Waals surface area contributed by atoms with Crippen molar-refractivity contribution in [3.05, 3.63) is 48.0 Å². The number of nitrogens with zero attached hydrogens (tertiary/aromatic N) is 4. The van der Waals surface area contributed by atoms with E-state index in [9.17, 15) is 5.11 Å². The highest BCUT2D eigenvalue weighted by molar-refractivity contribution is 5.93. The van der Waals surface area contributed by atoms with Gasteiger partial charge in [0, 0.05) is 30.1 Å². The van der Waals surface area contributed by atoms with Gasteiger partial charge in [0.2, 0.25) is 0 Å². The topological polar surface area (TPSA) is 71.0 Å². The lowest BCUT2D eigenvalue weighted by molar-refractivity contribution is 0.0976. The van der Waals surface area contributed by atoms with Crippen LogP contribution in [0.15, 0.2) is 42.5 Å². The molecule has 4 heterocycles. The van der Waals surface area contributed by atoms with Crippen LogP contribution in [0.25, 0.3) is 22.2 Å². The van der Waals surface area contributed by atoms with E-state index in [1.807, 2.05) is 30.3 Å². The third-order valence-corrected chi connectivity index (χ3v) is 6.36. The number of aliphatic hydroxyl groups excluding tert-OH is 1. The molecule has 0 bridgehead atoms. The van der Waals surface area contributed by atoms with Crippen LogP contribution in [0.4, 0.5) is 11.6 Å². The number of aliphatic hydroxyl groups is 1. The number of rotatable bonds is 4. The summed E-state index contributed by atoms with van der Waals surface area (Å²) in [5.41, 5.74) is 3.69. The largest absolute Gasteiger partial charge is 0.392 e. The maximum absolute atomic E-state index is 9.53. The Morgan fingerprint density at radius 2 is 1.69 bits per heavy atom. The van der Waals surface area contributed by atoms with Crippen LogP contribution in [0.2, 0.25) is 0 Å². The van der Waals surface area contributed by atoms with E-state index in [1.165, 1.54) is 0 Å². The maximum atomic E-state index is 9.53.